The number of carbonyl (C=O) groups is 1. The lowest BCUT2D eigenvalue weighted by atomic mass is 10.3. The van der Waals surface area contributed by atoms with Crippen LogP contribution in [0.25, 0.3) is 0 Å². The predicted molar refractivity (Wildman–Crippen MR) is 72.6 cm³/mol. The Kier molecular flexibility index (Phi) is 4.58. The fourth-order valence-electron chi connectivity index (χ4n) is 1.40. The molecule has 2 aromatic rings. The molecule has 0 aliphatic carbocycles. The third-order valence-corrected chi connectivity index (χ3v) is 4.05. The molecular formula is C12H14N2OS2. The summed E-state index contributed by atoms with van der Waals surface area (Å²) >= 11 is 3.36. The molecule has 2 aromatic heterocycles. The van der Waals surface area contributed by atoms with E-state index < -0.39 is 0 Å². The van der Waals surface area contributed by atoms with Gasteiger partial charge in [0, 0.05) is 16.3 Å². The van der Waals surface area contributed by atoms with Crippen molar-refractivity contribution in [1.82, 2.24) is 10.6 Å². The second kappa shape index (κ2) is 6.42. The van der Waals surface area contributed by atoms with Crippen LogP contribution in [0.4, 0.5) is 4.79 Å². The molecule has 2 N–H and O–H groups in total. The van der Waals surface area contributed by atoms with Crippen LogP contribution < -0.4 is 10.6 Å². The summed E-state index contributed by atoms with van der Waals surface area (Å²) in [6, 6.07) is 8.00. The lowest BCUT2D eigenvalue weighted by molar-refractivity contribution is 0.241. The van der Waals surface area contributed by atoms with Gasteiger partial charge in [-0.3, -0.25) is 0 Å². The van der Waals surface area contributed by atoms with Crippen LogP contribution in [0.2, 0.25) is 0 Å². The molecule has 3 nitrogen and oxygen atoms in total. The van der Waals surface area contributed by atoms with E-state index in [4.69, 9.17) is 0 Å². The highest BCUT2D eigenvalue weighted by molar-refractivity contribution is 7.10. The fourth-order valence-corrected chi connectivity index (χ4v) is 2.75. The molecule has 2 heterocycles. The van der Waals surface area contributed by atoms with Gasteiger partial charge in [0.2, 0.25) is 0 Å². The highest BCUT2D eigenvalue weighted by Gasteiger charge is 2.00. The van der Waals surface area contributed by atoms with Gasteiger partial charge < -0.3 is 10.6 Å². The van der Waals surface area contributed by atoms with Gasteiger partial charge in [-0.1, -0.05) is 12.1 Å². The highest BCUT2D eigenvalue weighted by atomic mass is 32.1. The minimum atomic E-state index is -0.102. The van der Waals surface area contributed by atoms with Crippen molar-refractivity contribution in [2.24, 2.45) is 0 Å². The maximum absolute atomic E-state index is 11.5. The van der Waals surface area contributed by atoms with Crippen LogP contribution in [0.3, 0.4) is 0 Å². The Morgan fingerprint density at radius 1 is 1.06 bits per heavy atom. The first kappa shape index (κ1) is 12.1. The van der Waals surface area contributed by atoms with E-state index >= 15 is 0 Å². The van der Waals surface area contributed by atoms with Crippen molar-refractivity contribution in [3.8, 4) is 0 Å². The Balaban J connectivity index is 1.61. The smallest absolute Gasteiger partial charge is 0.315 e. The number of hydrogen-bond donors (Lipinski definition) is 2. The molecular weight excluding hydrogens is 252 g/mol. The standard InChI is InChI=1S/C12H14N2OS2/c15-12(14-9-11-4-2-8-17-11)13-6-5-10-3-1-7-16-10/h1-4,7-8H,5-6,9H2,(H2,13,14,15). The molecule has 0 aromatic carbocycles. The van der Waals surface area contributed by atoms with E-state index in [1.165, 1.54) is 9.75 Å². The van der Waals surface area contributed by atoms with Gasteiger partial charge in [-0.15, -0.1) is 22.7 Å². The normalized spacial score (nSPS) is 10.1. The monoisotopic (exact) mass is 266 g/mol. The zero-order valence-electron chi connectivity index (χ0n) is 9.31. The summed E-state index contributed by atoms with van der Waals surface area (Å²) in [6.45, 7) is 1.28. The topological polar surface area (TPSA) is 41.1 Å². The van der Waals surface area contributed by atoms with Crippen LogP contribution in [-0.2, 0) is 13.0 Å². The maximum Gasteiger partial charge on any atom is 0.315 e. The molecule has 0 atom stereocenters. The minimum Gasteiger partial charge on any atom is -0.338 e. The van der Waals surface area contributed by atoms with E-state index in [0.717, 1.165) is 6.42 Å². The lowest BCUT2D eigenvalue weighted by Gasteiger charge is -2.05. The zero-order chi connectivity index (χ0) is 11.9. The maximum atomic E-state index is 11.5. The molecule has 2 amide bonds. The summed E-state index contributed by atoms with van der Waals surface area (Å²) in [7, 11) is 0. The third-order valence-electron chi connectivity index (χ3n) is 2.24. The SMILES string of the molecule is O=C(NCCc1cccs1)NCc1cccs1. The first-order valence-electron chi connectivity index (χ1n) is 5.41. The molecule has 0 spiro atoms. The van der Waals surface area contributed by atoms with Gasteiger partial charge in [0.1, 0.15) is 0 Å². The molecule has 0 radical (unpaired) electrons. The lowest BCUT2D eigenvalue weighted by Crippen LogP contribution is -2.35. The summed E-state index contributed by atoms with van der Waals surface area (Å²) in [4.78, 5) is 13.9. The van der Waals surface area contributed by atoms with E-state index in [1.54, 1.807) is 22.7 Å². The van der Waals surface area contributed by atoms with Crippen LogP contribution in [-0.4, -0.2) is 12.6 Å². The van der Waals surface area contributed by atoms with Gasteiger partial charge in [-0.25, -0.2) is 4.79 Å². The quantitative estimate of drug-likeness (QED) is 0.858. The fraction of sp³-hybridized carbons (Fsp3) is 0.250. The van der Waals surface area contributed by atoms with E-state index in [-0.39, 0.29) is 6.03 Å². The van der Waals surface area contributed by atoms with Crippen LogP contribution in [0.1, 0.15) is 9.75 Å². The van der Waals surface area contributed by atoms with Crippen molar-refractivity contribution in [1.29, 1.82) is 0 Å². The highest BCUT2D eigenvalue weighted by Crippen LogP contribution is 2.08. The molecule has 90 valence electrons. The average Bonchev–Trinajstić information content (AvgIpc) is 2.99. The number of hydrogen-bond acceptors (Lipinski definition) is 3. The number of carbonyl (C=O) groups excluding carboxylic acids is 1. The first-order chi connectivity index (χ1) is 8.34. The molecule has 0 aliphatic heterocycles. The average molecular weight is 266 g/mol. The Bertz CT molecular complexity index is 437. The van der Waals surface area contributed by atoms with Gasteiger partial charge >= 0.3 is 6.03 Å². The summed E-state index contributed by atoms with van der Waals surface area (Å²) in [5.41, 5.74) is 0. The predicted octanol–water partition coefficient (Wildman–Crippen LogP) is 2.85. The van der Waals surface area contributed by atoms with Crippen molar-refractivity contribution >= 4 is 28.7 Å². The van der Waals surface area contributed by atoms with Crippen LogP contribution >= 0.6 is 22.7 Å². The number of urea groups is 1. The van der Waals surface area contributed by atoms with Gasteiger partial charge in [-0.2, -0.15) is 0 Å². The molecule has 0 bridgehead atoms. The number of thiophene rings is 2. The first-order valence-corrected chi connectivity index (χ1v) is 7.17. The molecule has 0 aliphatic rings. The van der Waals surface area contributed by atoms with E-state index in [9.17, 15) is 4.79 Å². The zero-order valence-corrected chi connectivity index (χ0v) is 10.9. The van der Waals surface area contributed by atoms with Gasteiger partial charge in [0.15, 0.2) is 0 Å². The van der Waals surface area contributed by atoms with Gasteiger partial charge in [-0.05, 0) is 29.3 Å². The van der Waals surface area contributed by atoms with Crippen molar-refractivity contribution in [3.63, 3.8) is 0 Å². The molecule has 0 saturated carbocycles. The number of amides is 2. The molecule has 0 unspecified atom stereocenters. The Morgan fingerprint density at radius 3 is 2.41 bits per heavy atom. The third kappa shape index (κ3) is 4.20. The minimum absolute atomic E-state index is 0.102. The van der Waals surface area contributed by atoms with E-state index in [1.807, 2.05) is 29.0 Å². The van der Waals surface area contributed by atoms with Gasteiger partial charge in [0.05, 0.1) is 6.54 Å². The Labute approximate surface area is 108 Å². The number of rotatable bonds is 5. The second-order valence-electron chi connectivity index (χ2n) is 3.52. The Hall–Kier alpha value is -1.33. The number of nitrogens with one attached hydrogen (secondary N) is 2. The molecule has 0 saturated heterocycles. The van der Waals surface area contributed by atoms with Gasteiger partial charge in [0.25, 0.3) is 0 Å². The Morgan fingerprint density at radius 2 is 1.76 bits per heavy atom. The largest absolute Gasteiger partial charge is 0.338 e. The van der Waals surface area contributed by atoms with Crippen LogP contribution in [0.5, 0.6) is 0 Å². The van der Waals surface area contributed by atoms with E-state index in [2.05, 4.69) is 16.7 Å². The molecule has 0 fully saturated rings. The summed E-state index contributed by atoms with van der Waals surface area (Å²) in [5, 5.41) is 9.73. The van der Waals surface area contributed by atoms with Crippen molar-refractivity contribution in [3.05, 3.63) is 44.8 Å². The van der Waals surface area contributed by atoms with Crippen LogP contribution in [0, 0.1) is 0 Å². The molecule has 5 heteroatoms. The summed E-state index contributed by atoms with van der Waals surface area (Å²) in [5.74, 6) is 0. The van der Waals surface area contributed by atoms with Crippen molar-refractivity contribution < 1.29 is 4.79 Å². The van der Waals surface area contributed by atoms with E-state index in [0.29, 0.717) is 13.1 Å². The van der Waals surface area contributed by atoms with Crippen LogP contribution in [0.15, 0.2) is 35.0 Å². The molecule has 17 heavy (non-hydrogen) atoms. The molecule has 2 rings (SSSR count). The van der Waals surface area contributed by atoms with Crippen molar-refractivity contribution in [2.75, 3.05) is 6.54 Å². The van der Waals surface area contributed by atoms with Crippen molar-refractivity contribution in [2.45, 2.75) is 13.0 Å². The summed E-state index contributed by atoms with van der Waals surface area (Å²) in [6.07, 6.45) is 0.893. The second-order valence-corrected chi connectivity index (χ2v) is 5.58. The summed E-state index contributed by atoms with van der Waals surface area (Å²) < 4.78 is 0.